The fourth-order valence-electron chi connectivity index (χ4n) is 2.90. The molecular formula is C26H23NO6S. The number of Topliss-reactive ketones (excluding diaryl/α,β-unsaturated/α-hetero) is 1. The highest BCUT2D eigenvalue weighted by Gasteiger charge is 2.13. The number of anilines is 1. The zero-order valence-electron chi connectivity index (χ0n) is 18.5. The van der Waals surface area contributed by atoms with Crippen molar-refractivity contribution in [2.24, 2.45) is 0 Å². The predicted molar refractivity (Wildman–Crippen MR) is 130 cm³/mol. The van der Waals surface area contributed by atoms with Crippen molar-refractivity contribution in [3.8, 4) is 5.75 Å². The highest BCUT2D eigenvalue weighted by atomic mass is 32.1. The van der Waals surface area contributed by atoms with E-state index in [4.69, 9.17) is 9.47 Å². The Kier molecular flexibility index (Phi) is 8.88. The van der Waals surface area contributed by atoms with Crippen molar-refractivity contribution in [3.05, 3.63) is 88.1 Å². The zero-order chi connectivity index (χ0) is 24.3. The number of thiophene rings is 1. The molecule has 0 atom stereocenters. The fourth-order valence-corrected chi connectivity index (χ4v) is 3.51. The summed E-state index contributed by atoms with van der Waals surface area (Å²) in [4.78, 5) is 49.4. The monoisotopic (exact) mass is 477 g/mol. The predicted octanol–water partition coefficient (Wildman–Crippen LogP) is 4.80. The molecule has 34 heavy (non-hydrogen) atoms. The number of allylic oxidation sites excluding steroid dienone is 1. The van der Waals surface area contributed by atoms with Crippen molar-refractivity contribution in [1.29, 1.82) is 0 Å². The molecule has 174 valence electrons. The molecule has 0 saturated heterocycles. The van der Waals surface area contributed by atoms with Crippen LogP contribution in [-0.4, -0.2) is 37.2 Å². The van der Waals surface area contributed by atoms with Gasteiger partial charge in [0.25, 0.3) is 0 Å². The first kappa shape index (κ1) is 24.6. The Balaban J connectivity index is 1.40. The number of ether oxygens (including phenoxy) is 2. The number of ketones is 2. The maximum absolute atomic E-state index is 12.2. The van der Waals surface area contributed by atoms with E-state index in [1.807, 2.05) is 17.5 Å². The first-order valence-electron chi connectivity index (χ1n) is 10.4. The van der Waals surface area contributed by atoms with Gasteiger partial charge < -0.3 is 14.8 Å². The van der Waals surface area contributed by atoms with Crippen molar-refractivity contribution in [1.82, 2.24) is 0 Å². The van der Waals surface area contributed by atoms with Crippen LogP contribution in [0.4, 0.5) is 5.69 Å². The fraction of sp³-hybridized carbons (Fsp3) is 0.154. The lowest BCUT2D eigenvalue weighted by atomic mass is 10.1. The van der Waals surface area contributed by atoms with Gasteiger partial charge in [0, 0.05) is 28.1 Å². The molecule has 0 saturated carbocycles. The summed E-state index contributed by atoms with van der Waals surface area (Å²) in [7, 11) is 1.49. The van der Waals surface area contributed by atoms with Crippen LogP contribution < -0.4 is 10.1 Å². The van der Waals surface area contributed by atoms with E-state index in [9.17, 15) is 19.2 Å². The number of carbonyl (C=O) groups is 4. The Morgan fingerprint density at radius 1 is 0.941 bits per heavy atom. The van der Waals surface area contributed by atoms with Gasteiger partial charge in [-0.05, 0) is 60.0 Å². The molecule has 0 unspecified atom stereocenters. The van der Waals surface area contributed by atoms with Gasteiger partial charge in [0.1, 0.15) is 5.75 Å². The highest BCUT2D eigenvalue weighted by Crippen LogP contribution is 2.15. The second-order valence-electron chi connectivity index (χ2n) is 7.15. The quantitative estimate of drug-likeness (QED) is 0.242. The summed E-state index contributed by atoms with van der Waals surface area (Å²) < 4.78 is 10.0. The number of rotatable bonds is 11. The molecule has 0 radical (unpaired) electrons. The number of esters is 1. The van der Waals surface area contributed by atoms with E-state index in [0.717, 1.165) is 4.88 Å². The molecule has 1 N–H and O–H groups in total. The van der Waals surface area contributed by atoms with Gasteiger partial charge in [0.15, 0.2) is 18.2 Å². The van der Waals surface area contributed by atoms with Crippen LogP contribution in [0.1, 0.15) is 38.4 Å². The largest absolute Gasteiger partial charge is 0.497 e. The lowest BCUT2D eigenvalue weighted by Gasteiger charge is -2.07. The summed E-state index contributed by atoms with van der Waals surface area (Å²) in [6.45, 7) is -0.413. The third kappa shape index (κ3) is 7.53. The molecule has 2 aromatic carbocycles. The number of hydrogen-bond donors (Lipinski definition) is 1. The van der Waals surface area contributed by atoms with Crippen molar-refractivity contribution in [3.63, 3.8) is 0 Å². The molecule has 0 aliphatic carbocycles. The molecule has 0 aliphatic rings. The molecule has 0 aliphatic heterocycles. The van der Waals surface area contributed by atoms with E-state index in [1.54, 1.807) is 54.6 Å². The summed E-state index contributed by atoms with van der Waals surface area (Å²) in [5.41, 5.74) is 1.37. The smallest absolute Gasteiger partial charge is 0.306 e. The van der Waals surface area contributed by atoms with E-state index in [1.165, 1.54) is 24.5 Å². The maximum atomic E-state index is 12.2. The summed E-state index contributed by atoms with van der Waals surface area (Å²) in [6, 6.07) is 16.8. The molecular weight excluding hydrogens is 454 g/mol. The van der Waals surface area contributed by atoms with Crippen LogP contribution in [0.3, 0.4) is 0 Å². The minimum atomic E-state index is -0.648. The third-order valence-corrected chi connectivity index (χ3v) is 5.55. The van der Waals surface area contributed by atoms with Crippen LogP contribution in [0.2, 0.25) is 0 Å². The van der Waals surface area contributed by atoms with Crippen molar-refractivity contribution in [2.45, 2.75) is 12.8 Å². The highest BCUT2D eigenvalue weighted by molar-refractivity contribution is 7.10. The minimum Gasteiger partial charge on any atom is -0.497 e. The second-order valence-corrected chi connectivity index (χ2v) is 8.13. The summed E-state index contributed by atoms with van der Waals surface area (Å²) in [5.74, 6) is -1.01. The van der Waals surface area contributed by atoms with Crippen LogP contribution in [-0.2, 0) is 14.3 Å². The van der Waals surface area contributed by atoms with E-state index in [2.05, 4.69) is 5.32 Å². The Morgan fingerprint density at radius 3 is 2.44 bits per heavy atom. The number of amides is 1. The van der Waals surface area contributed by atoms with Crippen molar-refractivity contribution in [2.75, 3.05) is 19.0 Å². The SMILES string of the molecule is COc1cccc(C(=O)COC(=O)CCC(=O)Nc2ccc(C(=O)C=Cc3cccs3)cc2)c1. The molecule has 7 nitrogen and oxygen atoms in total. The van der Waals surface area contributed by atoms with Gasteiger partial charge in [-0.3, -0.25) is 19.2 Å². The van der Waals surface area contributed by atoms with Crippen LogP contribution in [0.25, 0.3) is 6.08 Å². The van der Waals surface area contributed by atoms with Crippen LogP contribution in [0.15, 0.2) is 72.1 Å². The number of nitrogens with one attached hydrogen (secondary N) is 1. The number of hydrogen-bond acceptors (Lipinski definition) is 7. The zero-order valence-corrected chi connectivity index (χ0v) is 19.3. The number of benzene rings is 2. The molecule has 3 rings (SSSR count). The third-order valence-electron chi connectivity index (χ3n) is 4.71. The van der Waals surface area contributed by atoms with E-state index in [0.29, 0.717) is 22.6 Å². The van der Waals surface area contributed by atoms with Gasteiger partial charge in [0.2, 0.25) is 5.91 Å². The lowest BCUT2D eigenvalue weighted by Crippen LogP contribution is -2.17. The minimum absolute atomic E-state index is 0.101. The Morgan fingerprint density at radius 2 is 1.74 bits per heavy atom. The van der Waals surface area contributed by atoms with E-state index < -0.39 is 12.6 Å². The van der Waals surface area contributed by atoms with Crippen molar-refractivity contribution >= 4 is 46.5 Å². The lowest BCUT2D eigenvalue weighted by molar-refractivity contribution is -0.143. The first-order chi connectivity index (χ1) is 16.4. The maximum Gasteiger partial charge on any atom is 0.306 e. The standard InChI is InChI=1S/C26H23NO6S/c1-32-21-5-2-4-19(16-21)24(29)17-33-26(31)14-13-25(30)27-20-9-7-18(8-10-20)23(28)12-11-22-6-3-15-34-22/h2-12,15-16H,13-14,17H2,1H3,(H,27,30). The average molecular weight is 478 g/mol. The van der Waals surface area contributed by atoms with Crippen LogP contribution in [0.5, 0.6) is 5.75 Å². The van der Waals surface area contributed by atoms with Gasteiger partial charge in [-0.15, -0.1) is 11.3 Å². The van der Waals surface area contributed by atoms with E-state index in [-0.39, 0.29) is 30.3 Å². The van der Waals surface area contributed by atoms with Gasteiger partial charge >= 0.3 is 5.97 Å². The van der Waals surface area contributed by atoms with Crippen LogP contribution >= 0.6 is 11.3 Å². The number of carbonyl (C=O) groups excluding carboxylic acids is 4. The van der Waals surface area contributed by atoms with Gasteiger partial charge in [-0.25, -0.2) is 0 Å². The Hall–Kier alpha value is -4.04. The summed E-state index contributed by atoms with van der Waals surface area (Å²) >= 11 is 1.54. The first-order valence-corrected chi connectivity index (χ1v) is 11.3. The molecule has 0 fully saturated rings. The summed E-state index contributed by atoms with van der Waals surface area (Å²) in [5, 5.41) is 4.60. The van der Waals surface area contributed by atoms with Gasteiger partial charge in [-0.2, -0.15) is 0 Å². The second kappa shape index (κ2) is 12.3. The Bertz CT molecular complexity index is 1180. The molecule has 0 spiro atoms. The molecule has 8 heteroatoms. The van der Waals surface area contributed by atoms with Gasteiger partial charge in [0.05, 0.1) is 13.5 Å². The number of methoxy groups -OCH3 is 1. The topological polar surface area (TPSA) is 98.8 Å². The average Bonchev–Trinajstić information content (AvgIpc) is 3.39. The van der Waals surface area contributed by atoms with Crippen molar-refractivity contribution < 1.29 is 28.7 Å². The van der Waals surface area contributed by atoms with Gasteiger partial charge in [-0.1, -0.05) is 18.2 Å². The normalized spacial score (nSPS) is 10.6. The molecule has 3 aromatic rings. The van der Waals surface area contributed by atoms with E-state index >= 15 is 0 Å². The molecule has 1 aromatic heterocycles. The molecule has 1 heterocycles. The van der Waals surface area contributed by atoms with Crippen LogP contribution in [0, 0.1) is 0 Å². The molecule has 0 bridgehead atoms. The molecule has 1 amide bonds. The summed E-state index contributed by atoms with van der Waals surface area (Å²) in [6.07, 6.45) is 2.99. The Labute approximate surface area is 201 Å².